The van der Waals surface area contributed by atoms with Gasteiger partial charge in [0.15, 0.2) is 0 Å². The highest BCUT2D eigenvalue weighted by molar-refractivity contribution is 6.35. The van der Waals surface area contributed by atoms with E-state index in [4.69, 9.17) is 23.2 Å². The monoisotopic (exact) mass is 466 g/mol. The Morgan fingerprint density at radius 3 is 2.12 bits per heavy atom. The lowest BCUT2D eigenvalue weighted by atomic mass is 9.95. The van der Waals surface area contributed by atoms with Crippen LogP contribution in [0.3, 0.4) is 0 Å². The van der Waals surface area contributed by atoms with E-state index in [-0.39, 0.29) is 11.8 Å². The molecular weight excluding hydrogens is 439 g/mol. The van der Waals surface area contributed by atoms with Gasteiger partial charge in [0.25, 0.3) is 0 Å². The Bertz CT molecular complexity index is 985. The van der Waals surface area contributed by atoms with Crippen molar-refractivity contribution in [3.05, 3.63) is 106 Å². The molecule has 0 unspecified atom stereocenters. The number of carbonyl (C=O) groups excluding carboxylic acids is 1. The summed E-state index contributed by atoms with van der Waals surface area (Å²) in [5.41, 5.74) is 3.35. The van der Waals surface area contributed by atoms with Crippen LogP contribution in [0.25, 0.3) is 0 Å². The fourth-order valence-corrected chi connectivity index (χ4v) is 4.84. The highest BCUT2D eigenvalue weighted by atomic mass is 35.5. The largest absolute Gasteiger partial charge is 0.334 e. The van der Waals surface area contributed by atoms with Crippen molar-refractivity contribution >= 4 is 29.1 Å². The molecule has 1 saturated heterocycles. The summed E-state index contributed by atoms with van der Waals surface area (Å²) in [6.45, 7) is 3.69. The third-order valence-corrected chi connectivity index (χ3v) is 6.59. The predicted molar refractivity (Wildman–Crippen MR) is 132 cm³/mol. The summed E-state index contributed by atoms with van der Waals surface area (Å²) in [6, 6.07) is 26.1. The number of rotatable bonds is 7. The van der Waals surface area contributed by atoms with Gasteiger partial charge in [0.2, 0.25) is 5.91 Å². The van der Waals surface area contributed by atoms with Crippen LogP contribution in [0, 0.1) is 5.92 Å². The molecule has 0 radical (unpaired) electrons. The Kier molecular flexibility index (Phi) is 7.85. The molecule has 0 aliphatic carbocycles. The molecule has 1 heterocycles. The fourth-order valence-electron chi connectivity index (χ4n) is 4.37. The molecule has 1 atom stereocenters. The summed E-state index contributed by atoms with van der Waals surface area (Å²) in [4.78, 5) is 18.0. The molecule has 5 heteroatoms. The maximum Gasteiger partial charge on any atom is 0.227 e. The van der Waals surface area contributed by atoms with E-state index in [0.717, 1.165) is 49.2 Å². The zero-order valence-electron chi connectivity index (χ0n) is 18.1. The number of halogens is 2. The number of piperidine rings is 1. The van der Waals surface area contributed by atoms with E-state index in [1.807, 2.05) is 53.4 Å². The van der Waals surface area contributed by atoms with Gasteiger partial charge in [-0.15, -0.1) is 0 Å². The molecule has 4 rings (SSSR count). The molecule has 0 aromatic heterocycles. The van der Waals surface area contributed by atoms with E-state index < -0.39 is 0 Å². The average Bonchev–Trinajstić information content (AvgIpc) is 2.82. The minimum absolute atomic E-state index is 0.0118. The van der Waals surface area contributed by atoms with Crippen molar-refractivity contribution in [2.45, 2.75) is 32.5 Å². The van der Waals surface area contributed by atoms with E-state index in [9.17, 15) is 4.79 Å². The molecule has 0 bridgehead atoms. The number of benzene rings is 3. The molecule has 0 spiro atoms. The first-order valence-electron chi connectivity index (χ1n) is 11.1. The Balaban J connectivity index is 1.47. The standard InChI is InChI=1S/C27H28Cl2N2O/c28-25-14-13-23(26(29)16-25)19-30-15-7-12-24(20-30)27(32)31(17-21-8-3-1-4-9-21)18-22-10-5-2-6-11-22/h1-6,8-11,13-14,16,24H,7,12,15,17-20H2/t24-/m0/s1. The maximum absolute atomic E-state index is 13.7. The third kappa shape index (κ3) is 6.13. The quantitative estimate of drug-likeness (QED) is 0.400. The van der Waals surface area contributed by atoms with Crippen molar-refractivity contribution < 1.29 is 4.79 Å². The van der Waals surface area contributed by atoms with E-state index in [1.54, 1.807) is 6.07 Å². The first kappa shape index (κ1) is 22.8. The number of hydrogen-bond acceptors (Lipinski definition) is 2. The van der Waals surface area contributed by atoms with Crippen molar-refractivity contribution in [2.75, 3.05) is 13.1 Å². The molecule has 3 nitrogen and oxygen atoms in total. The summed E-state index contributed by atoms with van der Waals surface area (Å²) < 4.78 is 0. The van der Waals surface area contributed by atoms with Crippen molar-refractivity contribution in [1.29, 1.82) is 0 Å². The van der Waals surface area contributed by atoms with Gasteiger partial charge in [-0.05, 0) is 48.2 Å². The van der Waals surface area contributed by atoms with Crippen LogP contribution in [0.5, 0.6) is 0 Å². The highest BCUT2D eigenvalue weighted by Crippen LogP contribution is 2.26. The molecule has 32 heavy (non-hydrogen) atoms. The topological polar surface area (TPSA) is 23.6 Å². The second kappa shape index (κ2) is 11.0. The summed E-state index contributed by atoms with van der Waals surface area (Å²) in [5.74, 6) is 0.215. The molecule has 1 fully saturated rings. The highest BCUT2D eigenvalue weighted by Gasteiger charge is 2.29. The zero-order chi connectivity index (χ0) is 22.3. The minimum Gasteiger partial charge on any atom is -0.334 e. The molecule has 3 aromatic carbocycles. The van der Waals surface area contributed by atoms with Crippen LogP contribution >= 0.6 is 23.2 Å². The molecule has 0 saturated carbocycles. The normalized spacial score (nSPS) is 16.6. The zero-order valence-corrected chi connectivity index (χ0v) is 19.6. The van der Waals surface area contributed by atoms with E-state index in [0.29, 0.717) is 23.1 Å². The van der Waals surface area contributed by atoms with Crippen LogP contribution in [0.1, 0.15) is 29.5 Å². The molecule has 1 amide bonds. The summed E-state index contributed by atoms with van der Waals surface area (Å²) in [7, 11) is 0. The van der Waals surface area contributed by atoms with Gasteiger partial charge in [0.05, 0.1) is 5.92 Å². The second-order valence-electron chi connectivity index (χ2n) is 8.48. The van der Waals surface area contributed by atoms with Gasteiger partial charge >= 0.3 is 0 Å². The Morgan fingerprint density at radius 2 is 1.53 bits per heavy atom. The number of nitrogens with zero attached hydrogens (tertiary/aromatic N) is 2. The van der Waals surface area contributed by atoms with Crippen molar-refractivity contribution in [3.8, 4) is 0 Å². The Morgan fingerprint density at radius 1 is 0.906 bits per heavy atom. The van der Waals surface area contributed by atoms with E-state index in [2.05, 4.69) is 29.2 Å². The van der Waals surface area contributed by atoms with Crippen molar-refractivity contribution in [1.82, 2.24) is 9.80 Å². The molecule has 1 aliphatic heterocycles. The van der Waals surface area contributed by atoms with Gasteiger partial charge in [-0.25, -0.2) is 0 Å². The van der Waals surface area contributed by atoms with E-state index in [1.165, 1.54) is 0 Å². The third-order valence-electron chi connectivity index (χ3n) is 6.01. The van der Waals surface area contributed by atoms with Gasteiger partial charge in [0.1, 0.15) is 0 Å². The van der Waals surface area contributed by atoms with Crippen LogP contribution in [-0.2, 0) is 24.4 Å². The first-order valence-corrected chi connectivity index (χ1v) is 11.9. The van der Waals surface area contributed by atoms with E-state index >= 15 is 0 Å². The van der Waals surface area contributed by atoms with Crippen LogP contribution in [-0.4, -0.2) is 28.8 Å². The molecule has 0 N–H and O–H groups in total. The van der Waals surface area contributed by atoms with Gasteiger partial charge in [-0.3, -0.25) is 9.69 Å². The number of amides is 1. The average molecular weight is 467 g/mol. The second-order valence-corrected chi connectivity index (χ2v) is 9.32. The lowest BCUT2D eigenvalue weighted by Crippen LogP contribution is -2.44. The number of likely N-dealkylation sites (tertiary alicyclic amines) is 1. The van der Waals surface area contributed by atoms with Crippen LogP contribution < -0.4 is 0 Å². The van der Waals surface area contributed by atoms with Crippen molar-refractivity contribution in [2.24, 2.45) is 5.92 Å². The molecule has 166 valence electrons. The first-order chi connectivity index (χ1) is 15.6. The van der Waals surface area contributed by atoms with Crippen LogP contribution in [0.4, 0.5) is 0 Å². The van der Waals surface area contributed by atoms with Crippen molar-refractivity contribution in [3.63, 3.8) is 0 Å². The lowest BCUT2D eigenvalue weighted by molar-refractivity contribution is -0.138. The van der Waals surface area contributed by atoms with Gasteiger partial charge in [-0.2, -0.15) is 0 Å². The lowest BCUT2D eigenvalue weighted by Gasteiger charge is -2.35. The minimum atomic E-state index is -0.0118. The molecule has 3 aromatic rings. The van der Waals surface area contributed by atoms with Gasteiger partial charge in [-0.1, -0.05) is 89.9 Å². The smallest absolute Gasteiger partial charge is 0.227 e. The number of carbonyl (C=O) groups is 1. The SMILES string of the molecule is O=C([C@H]1CCCN(Cc2ccc(Cl)cc2Cl)C1)N(Cc1ccccc1)Cc1ccccc1. The molecule has 1 aliphatic rings. The fraction of sp³-hybridized carbons (Fsp3) is 0.296. The summed E-state index contributed by atoms with van der Waals surface area (Å²) >= 11 is 12.4. The predicted octanol–water partition coefficient (Wildman–Crippen LogP) is 6.43. The maximum atomic E-state index is 13.7. The number of hydrogen-bond donors (Lipinski definition) is 0. The van der Waals surface area contributed by atoms with Crippen LogP contribution in [0.2, 0.25) is 10.0 Å². The van der Waals surface area contributed by atoms with Gasteiger partial charge in [0, 0.05) is 36.2 Å². The Hall–Kier alpha value is -2.33. The summed E-state index contributed by atoms with van der Waals surface area (Å²) in [5, 5.41) is 1.32. The van der Waals surface area contributed by atoms with Gasteiger partial charge < -0.3 is 4.90 Å². The Labute approximate surface area is 200 Å². The molecular formula is C27H28Cl2N2O. The van der Waals surface area contributed by atoms with Crippen LogP contribution in [0.15, 0.2) is 78.9 Å². The summed E-state index contributed by atoms with van der Waals surface area (Å²) in [6.07, 6.45) is 1.93.